The molecular formula is C27H24N2O7S. The van der Waals surface area contributed by atoms with E-state index in [1.54, 1.807) is 44.2 Å². The second kappa shape index (κ2) is 9.70. The number of benzene rings is 2. The number of nitrogens with zero attached hydrogens (tertiary/aromatic N) is 2. The molecule has 1 atom stereocenters. The number of aryl methyl sites for hydroxylation is 2. The van der Waals surface area contributed by atoms with E-state index >= 15 is 0 Å². The number of amides is 1. The van der Waals surface area contributed by atoms with Crippen molar-refractivity contribution in [2.75, 3.05) is 24.7 Å². The zero-order valence-electron chi connectivity index (χ0n) is 20.4. The summed E-state index contributed by atoms with van der Waals surface area (Å²) < 4.78 is 16.3. The van der Waals surface area contributed by atoms with Gasteiger partial charge in [0.25, 0.3) is 5.78 Å². The molecule has 3 aromatic rings. The predicted octanol–water partition coefficient (Wildman–Crippen LogP) is 4.33. The zero-order chi connectivity index (χ0) is 26.3. The van der Waals surface area contributed by atoms with Crippen molar-refractivity contribution in [1.29, 1.82) is 0 Å². The Morgan fingerprint density at radius 3 is 2.51 bits per heavy atom. The van der Waals surface area contributed by atoms with Gasteiger partial charge in [0.1, 0.15) is 23.9 Å². The van der Waals surface area contributed by atoms with Crippen molar-refractivity contribution in [2.45, 2.75) is 26.8 Å². The largest absolute Gasteiger partial charge is 0.507 e. The molecule has 2 aliphatic heterocycles. The van der Waals surface area contributed by atoms with Crippen LogP contribution in [0, 0.1) is 13.8 Å². The van der Waals surface area contributed by atoms with Crippen LogP contribution in [0.4, 0.5) is 5.13 Å². The molecule has 0 radical (unpaired) electrons. The lowest BCUT2D eigenvalue weighted by Gasteiger charge is -2.23. The fourth-order valence-electron chi connectivity index (χ4n) is 4.31. The van der Waals surface area contributed by atoms with E-state index < -0.39 is 23.7 Å². The van der Waals surface area contributed by atoms with E-state index in [9.17, 15) is 19.5 Å². The molecule has 9 nitrogen and oxygen atoms in total. The molecule has 1 saturated heterocycles. The summed E-state index contributed by atoms with van der Waals surface area (Å²) in [6.45, 7) is 6.22. The number of anilines is 1. The van der Waals surface area contributed by atoms with Crippen LogP contribution in [0.1, 0.15) is 45.0 Å². The summed E-state index contributed by atoms with van der Waals surface area (Å²) in [6.07, 6.45) is 0. The highest BCUT2D eigenvalue weighted by Gasteiger charge is 2.48. The van der Waals surface area contributed by atoms with Crippen LogP contribution in [0.2, 0.25) is 0 Å². The normalized spacial score (nSPS) is 18.2. The molecule has 37 heavy (non-hydrogen) atoms. The number of Topliss-reactive ketones (excluding diaryl/α,β-unsaturated/α-hetero) is 1. The zero-order valence-corrected chi connectivity index (χ0v) is 21.3. The first-order valence-corrected chi connectivity index (χ1v) is 12.5. The average Bonchev–Trinajstić information content (AvgIpc) is 3.40. The molecule has 1 N–H and O–H groups in total. The van der Waals surface area contributed by atoms with Crippen LogP contribution in [-0.4, -0.2) is 47.6 Å². The Morgan fingerprint density at radius 1 is 1.11 bits per heavy atom. The number of esters is 1. The van der Waals surface area contributed by atoms with Crippen molar-refractivity contribution in [3.8, 4) is 11.5 Å². The van der Waals surface area contributed by atoms with Gasteiger partial charge in [-0.1, -0.05) is 41.2 Å². The van der Waals surface area contributed by atoms with Gasteiger partial charge in [0.2, 0.25) is 0 Å². The molecule has 5 rings (SSSR count). The van der Waals surface area contributed by atoms with E-state index in [1.165, 1.54) is 4.90 Å². The molecule has 1 amide bonds. The number of thiazole rings is 1. The molecule has 2 aromatic carbocycles. The maximum atomic E-state index is 13.4. The maximum Gasteiger partial charge on any atom is 0.350 e. The highest BCUT2D eigenvalue weighted by Crippen LogP contribution is 2.44. The molecule has 1 unspecified atom stereocenters. The van der Waals surface area contributed by atoms with Crippen molar-refractivity contribution in [1.82, 2.24) is 4.98 Å². The first kappa shape index (κ1) is 24.5. The van der Waals surface area contributed by atoms with Gasteiger partial charge in [0, 0.05) is 5.56 Å². The van der Waals surface area contributed by atoms with E-state index in [2.05, 4.69) is 4.98 Å². The summed E-state index contributed by atoms with van der Waals surface area (Å²) in [5.41, 5.74) is 2.20. The average molecular weight is 521 g/mol. The minimum Gasteiger partial charge on any atom is -0.507 e. The molecule has 0 bridgehead atoms. The number of ether oxygens (including phenoxy) is 3. The number of carbonyl (C=O) groups is 3. The Bertz CT molecular complexity index is 1440. The van der Waals surface area contributed by atoms with Gasteiger partial charge in [-0.3, -0.25) is 14.5 Å². The summed E-state index contributed by atoms with van der Waals surface area (Å²) in [7, 11) is 0. The van der Waals surface area contributed by atoms with Gasteiger partial charge < -0.3 is 19.3 Å². The van der Waals surface area contributed by atoms with Gasteiger partial charge in [0.15, 0.2) is 16.6 Å². The number of aliphatic hydroxyl groups is 1. The molecule has 2 aliphatic rings. The SMILES string of the molecule is CCOC(=O)c1sc(N2C(=O)C(=O)/C(=C(/O)c3ccc4c(c3)OCCO4)C2c2ccc(C)cc2)nc1C. The first-order chi connectivity index (χ1) is 17.8. The highest BCUT2D eigenvalue weighted by atomic mass is 32.1. The van der Waals surface area contributed by atoms with E-state index in [4.69, 9.17) is 14.2 Å². The maximum absolute atomic E-state index is 13.4. The van der Waals surface area contributed by atoms with E-state index in [-0.39, 0.29) is 27.9 Å². The number of aromatic nitrogens is 1. The van der Waals surface area contributed by atoms with Crippen molar-refractivity contribution in [3.63, 3.8) is 0 Å². The van der Waals surface area contributed by atoms with Crippen molar-refractivity contribution < 1.29 is 33.7 Å². The molecule has 190 valence electrons. The number of rotatable bonds is 5. The van der Waals surface area contributed by atoms with Crippen LogP contribution < -0.4 is 14.4 Å². The van der Waals surface area contributed by atoms with Gasteiger partial charge in [-0.05, 0) is 44.5 Å². The molecule has 0 saturated carbocycles. The van der Waals surface area contributed by atoms with Gasteiger partial charge in [0.05, 0.1) is 23.9 Å². The second-order valence-corrected chi connectivity index (χ2v) is 9.55. The van der Waals surface area contributed by atoms with Crippen LogP contribution in [0.3, 0.4) is 0 Å². The Morgan fingerprint density at radius 2 is 1.81 bits per heavy atom. The highest BCUT2D eigenvalue weighted by molar-refractivity contribution is 7.17. The molecule has 0 aliphatic carbocycles. The third kappa shape index (κ3) is 4.33. The lowest BCUT2D eigenvalue weighted by Crippen LogP contribution is -2.29. The minimum atomic E-state index is -0.964. The number of aliphatic hydroxyl groups excluding tert-OH is 1. The lowest BCUT2D eigenvalue weighted by atomic mass is 9.94. The second-order valence-electron chi connectivity index (χ2n) is 8.57. The fourth-order valence-corrected chi connectivity index (χ4v) is 5.30. The summed E-state index contributed by atoms with van der Waals surface area (Å²) in [5, 5.41) is 11.5. The Hall–Kier alpha value is -4.18. The molecular weight excluding hydrogens is 496 g/mol. The standard InChI is InChI=1S/C27H24N2O7S/c1-4-34-26(33)24-15(3)28-27(37-24)29-21(16-7-5-14(2)6-8-16)20(23(31)25(29)32)22(30)17-9-10-18-19(13-17)36-12-11-35-18/h5-10,13,21,30H,4,11-12H2,1-3H3/b22-20+. The molecule has 1 aromatic heterocycles. The van der Waals surface area contributed by atoms with Gasteiger partial charge in [-0.25, -0.2) is 9.78 Å². The summed E-state index contributed by atoms with van der Waals surface area (Å²) in [5.74, 6) is -1.64. The first-order valence-electron chi connectivity index (χ1n) is 11.7. The van der Waals surface area contributed by atoms with Gasteiger partial charge >= 0.3 is 11.9 Å². The molecule has 3 heterocycles. The smallest absolute Gasteiger partial charge is 0.350 e. The predicted molar refractivity (Wildman–Crippen MR) is 136 cm³/mol. The Balaban J connectivity index is 1.66. The minimum absolute atomic E-state index is 0.0870. The van der Waals surface area contributed by atoms with Crippen molar-refractivity contribution >= 4 is 39.9 Å². The van der Waals surface area contributed by atoms with Crippen LogP contribution in [0.5, 0.6) is 11.5 Å². The van der Waals surface area contributed by atoms with Crippen molar-refractivity contribution in [2.24, 2.45) is 0 Å². The van der Waals surface area contributed by atoms with Crippen LogP contribution in [0.15, 0.2) is 48.0 Å². The van der Waals surface area contributed by atoms with E-state index in [0.717, 1.165) is 16.9 Å². The van der Waals surface area contributed by atoms with E-state index in [1.807, 2.05) is 19.1 Å². The number of carbonyl (C=O) groups excluding carboxylic acids is 3. The number of hydrogen-bond donors (Lipinski definition) is 1. The van der Waals surface area contributed by atoms with Gasteiger partial charge in [-0.2, -0.15) is 0 Å². The Kier molecular flexibility index (Phi) is 6.43. The van der Waals surface area contributed by atoms with Crippen LogP contribution >= 0.6 is 11.3 Å². The third-order valence-corrected chi connectivity index (χ3v) is 7.24. The molecule has 1 fully saturated rings. The van der Waals surface area contributed by atoms with Gasteiger partial charge in [-0.15, -0.1) is 0 Å². The summed E-state index contributed by atoms with van der Waals surface area (Å²) >= 11 is 0.967. The Labute approximate surface area is 216 Å². The number of ketones is 1. The number of fused-ring (bicyclic) bond motifs is 1. The monoisotopic (exact) mass is 520 g/mol. The number of hydrogen-bond acceptors (Lipinski definition) is 9. The van der Waals surface area contributed by atoms with Crippen molar-refractivity contribution in [3.05, 3.63) is 75.3 Å². The fraction of sp³-hybridized carbons (Fsp3) is 0.259. The molecule has 10 heteroatoms. The summed E-state index contributed by atoms with van der Waals surface area (Å²) in [4.78, 5) is 45.1. The van der Waals surface area contributed by atoms with E-state index in [0.29, 0.717) is 41.5 Å². The molecule has 0 spiro atoms. The van der Waals surface area contributed by atoms with Crippen LogP contribution in [0.25, 0.3) is 5.76 Å². The quantitative estimate of drug-likeness (QED) is 0.229. The van der Waals surface area contributed by atoms with Crippen LogP contribution in [-0.2, 0) is 14.3 Å². The summed E-state index contributed by atoms with van der Waals surface area (Å²) in [6, 6.07) is 11.2. The topological polar surface area (TPSA) is 115 Å². The lowest BCUT2D eigenvalue weighted by molar-refractivity contribution is -0.132. The third-order valence-electron chi connectivity index (χ3n) is 6.11.